The van der Waals surface area contributed by atoms with Crippen molar-refractivity contribution in [1.29, 1.82) is 0 Å². The number of carbonyl (C=O) groups excluding carboxylic acids is 1. The Morgan fingerprint density at radius 2 is 1.75 bits per heavy atom. The number of pyridine rings is 1. The van der Waals surface area contributed by atoms with E-state index in [9.17, 15) is 4.79 Å². The molecule has 1 amide bonds. The topological polar surface area (TPSA) is 48.5 Å². The Morgan fingerprint density at radius 1 is 1.00 bits per heavy atom. The van der Waals surface area contributed by atoms with Gasteiger partial charge in [-0.3, -0.25) is 9.78 Å². The molecular formula is C26H30N4OS. The number of nitrogens with zero attached hydrogens (tertiary/aromatic N) is 3. The number of piperazine rings is 1. The molecule has 32 heavy (non-hydrogen) atoms. The first kappa shape index (κ1) is 22.2. The van der Waals surface area contributed by atoms with Gasteiger partial charge in [0.15, 0.2) is 0 Å². The summed E-state index contributed by atoms with van der Waals surface area (Å²) in [5.74, 6) is 0.0992. The number of unbranched alkanes of at least 4 members (excludes halogenated alkanes) is 1. The lowest BCUT2D eigenvalue weighted by atomic mass is 10.1. The van der Waals surface area contributed by atoms with Gasteiger partial charge in [0.25, 0.3) is 5.91 Å². The number of aryl methyl sites for hydroxylation is 1. The van der Waals surface area contributed by atoms with Gasteiger partial charge in [0.05, 0.1) is 0 Å². The molecule has 1 N–H and O–H groups in total. The maximum absolute atomic E-state index is 13.1. The highest BCUT2D eigenvalue weighted by Crippen LogP contribution is 2.24. The molecule has 0 saturated carbocycles. The molecule has 1 aromatic heterocycles. The fraction of sp³-hybridized carbons (Fsp3) is 0.308. The number of hydrogen-bond acceptors (Lipinski definition) is 5. The van der Waals surface area contributed by atoms with Crippen LogP contribution in [0.4, 0.5) is 11.4 Å². The summed E-state index contributed by atoms with van der Waals surface area (Å²) in [5, 5.41) is 0. The largest absolute Gasteiger partial charge is 0.368 e. The molecule has 2 heterocycles. The normalized spacial score (nSPS) is 13.8. The van der Waals surface area contributed by atoms with E-state index in [1.807, 2.05) is 53.7 Å². The molecule has 0 atom stereocenters. The van der Waals surface area contributed by atoms with E-state index in [1.54, 1.807) is 0 Å². The molecule has 0 radical (unpaired) electrons. The van der Waals surface area contributed by atoms with Crippen LogP contribution in [0, 0.1) is 0 Å². The molecule has 1 saturated heterocycles. The van der Waals surface area contributed by atoms with Crippen molar-refractivity contribution in [3.8, 4) is 0 Å². The predicted octanol–water partition coefficient (Wildman–Crippen LogP) is 5.51. The number of hydrogen-bond donors (Lipinski definition) is 1. The van der Waals surface area contributed by atoms with Crippen molar-refractivity contribution >= 4 is 29.2 Å². The first-order chi connectivity index (χ1) is 15.7. The number of carbonyl (C=O) groups is 1. The number of amides is 1. The van der Waals surface area contributed by atoms with Gasteiger partial charge in [0.1, 0.15) is 0 Å². The third-order valence-corrected chi connectivity index (χ3v) is 6.56. The smallest absolute Gasteiger partial charge is 0.254 e. The van der Waals surface area contributed by atoms with E-state index in [0.29, 0.717) is 0 Å². The van der Waals surface area contributed by atoms with Crippen LogP contribution >= 0.6 is 11.9 Å². The molecule has 0 spiro atoms. The van der Waals surface area contributed by atoms with Crippen LogP contribution in [0.1, 0.15) is 35.7 Å². The van der Waals surface area contributed by atoms with Crippen LogP contribution in [-0.2, 0) is 6.42 Å². The van der Waals surface area contributed by atoms with Crippen molar-refractivity contribution in [2.24, 2.45) is 0 Å². The predicted molar refractivity (Wildman–Crippen MR) is 133 cm³/mol. The van der Waals surface area contributed by atoms with Gasteiger partial charge in [-0.05, 0) is 72.8 Å². The Morgan fingerprint density at radius 3 is 2.47 bits per heavy atom. The van der Waals surface area contributed by atoms with Crippen molar-refractivity contribution in [2.75, 3.05) is 35.8 Å². The third-order valence-electron chi connectivity index (χ3n) is 5.74. The Hall–Kier alpha value is -2.99. The van der Waals surface area contributed by atoms with Crippen LogP contribution in [0.5, 0.6) is 0 Å². The van der Waals surface area contributed by atoms with Crippen molar-refractivity contribution in [2.45, 2.75) is 31.1 Å². The second-order valence-electron chi connectivity index (χ2n) is 8.02. The molecule has 0 bridgehead atoms. The zero-order valence-electron chi connectivity index (χ0n) is 18.5. The molecule has 4 rings (SSSR count). The van der Waals surface area contributed by atoms with Gasteiger partial charge in [-0.2, -0.15) is 0 Å². The number of benzene rings is 2. The van der Waals surface area contributed by atoms with E-state index < -0.39 is 0 Å². The Bertz CT molecular complexity index is 1000. The highest BCUT2D eigenvalue weighted by molar-refractivity contribution is 8.00. The molecule has 166 valence electrons. The first-order valence-corrected chi connectivity index (χ1v) is 12.1. The zero-order chi connectivity index (χ0) is 22.2. The van der Waals surface area contributed by atoms with Crippen molar-refractivity contribution < 1.29 is 4.79 Å². The maximum Gasteiger partial charge on any atom is 0.254 e. The molecule has 0 aliphatic carbocycles. The maximum atomic E-state index is 13.1. The van der Waals surface area contributed by atoms with Gasteiger partial charge in [-0.1, -0.05) is 31.5 Å². The van der Waals surface area contributed by atoms with Gasteiger partial charge in [0.2, 0.25) is 0 Å². The van der Waals surface area contributed by atoms with E-state index in [1.165, 1.54) is 30.4 Å². The van der Waals surface area contributed by atoms with Crippen LogP contribution in [-0.4, -0.2) is 42.0 Å². The van der Waals surface area contributed by atoms with Gasteiger partial charge in [-0.25, -0.2) is 0 Å². The summed E-state index contributed by atoms with van der Waals surface area (Å²) >= 11 is 1.54. The van der Waals surface area contributed by atoms with E-state index in [2.05, 4.69) is 45.8 Å². The lowest BCUT2D eigenvalue weighted by Crippen LogP contribution is -2.48. The highest BCUT2D eigenvalue weighted by Gasteiger charge is 2.22. The lowest BCUT2D eigenvalue weighted by Gasteiger charge is -2.36. The molecule has 1 aliphatic heterocycles. The minimum atomic E-state index is 0.0992. The summed E-state index contributed by atoms with van der Waals surface area (Å²) in [5.41, 5.74) is 4.34. The first-order valence-electron chi connectivity index (χ1n) is 11.3. The standard InChI is InChI=1S/C26H30N4OS/c1-2-3-5-21-8-10-23(11-9-21)28-32-25-7-4-6-22(20-25)26(31)30-18-16-29(17-19-30)24-12-14-27-15-13-24/h4,6-15,20,28H,2-3,5,16-19H2,1H3. The Balaban J connectivity index is 1.31. The van der Waals surface area contributed by atoms with E-state index in [4.69, 9.17) is 0 Å². The summed E-state index contributed by atoms with van der Waals surface area (Å²) in [6, 6.07) is 20.5. The van der Waals surface area contributed by atoms with E-state index in [0.717, 1.165) is 54.4 Å². The number of aromatic nitrogens is 1. The molecule has 0 unspecified atom stereocenters. The monoisotopic (exact) mass is 446 g/mol. The second-order valence-corrected chi connectivity index (χ2v) is 8.90. The van der Waals surface area contributed by atoms with Gasteiger partial charge in [0, 0.05) is 60.4 Å². The fourth-order valence-electron chi connectivity index (χ4n) is 3.84. The lowest BCUT2D eigenvalue weighted by molar-refractivity contribution is 0.0746. The quantitative estimate of drug-likeness (QED) is 0.463. The average molecular weight is 447 g/mol. The fourth-order valence-corrected chi connectivity index (χ4v) is 4.54. The Labute approximate surface area is 195 Å². The van der Waals surface area contributed by atoms with E-state index in [-0.39, 0.29) is 5.91 Å². The molecule has 1 aliphatic rings. The number of anilines is 2. The summed E-state index contributed by atoms with van der Waals surface area (Å²) < 4.78 is 3.39. The summed E-state index contributed by atoms with van der Waals surface area (Å²) in [6.45, 7) is 5.33. The van der Waals surface area contributed by atoms with Gasteiger partial charge < -0.3 is 14.5 Å². The van der Waals surface area contributed by atoms with Crippen molar-refractivity contribution in [3.63, 3.8) is 0 Å². The third kappa shape index (κ3) is 5.82. The SMILES string of the molecule is CCCCc1ccc(NSc2cccc(C(=O)N3CCN(c4ccncc4)CC3)c2)cc1. The molecular weight excluding hydrogens is 416 g/mol. The Kier molecular flexibility index (Phi) is 7.67. The molecule has 1 fully saturated rings. The van der Waals surface area contributed by atoms with Crippen LogP contribution in [0.15, 0.2) is 78.0 Å². The van der Waals surface area contributed by atoms with Crippen LogP contribution in [0.3, 0.4) is 0 Å². The van der Waals surface area contributed by atoms with Crippen LogP contribution in [0.25, 0.3) is 0 Å². The van der Waals surface area contributed by atoms with E-state index >= 15 is 0 Å². The summed E-state index contributed by atoms with van der Waals surface area (Å²) in [4.78, 5) is 22.4. The van der Waals surface area contributed by atoms with Gasteiger partial charge in [-0.15, -0.1) is 0 Å². The van der Waals surface area contributed by atoms with Crippen molar-refractivity contribution in [1.82, 2.24) is 9.88 Å². The zero-order valence-corrected chi connectivity index (χ0v) is 19.4. The van der Waals surface area contributed by atoms with Crippen molar-refractivity contribution in [3.05, 3.63) is 84.2 Å². The van der Waals surface area contributed by atoms with Gasteiger partial charge >= 0.3 is 0 Å². The molecule has 5 nitrogen and oxygen atoms in total. The second kappa shape index (κ2) is 11.0. The minimum Gasteiger partial charge on any atom is -0.368 e. The summed E-state index contributed by atoms with van der Waals surface area (Å²) in [7, 11) is 0. The minimum absolute atomic E-state index is 0.0992. The molecule has 2 aromatic carbocycles. The molecule has 6 heteroatoms. The summed E-state index contributed by atoms with van der Waals surface area (Å²) in [6.07, 6.45) is 7.19. The molecule has 3 aromatic rings. The van der Waals surface area contributed by atoms with Crippen LogP contribution < -0.4 is 9.62 Å². The number of rotatable bonds is 8. The van der Waals surface area contributed by atoms with Crippen LogP contribution in [0.2, 0.25) is 0 Å². The number of nitrogens with one attached hydrogen (secondary N) is 1. The highest BCUT2D eigenvalue weighted by atomic mass is 32.2. The average Bonchev–Trinajstić information content (AvgIpc) is 2.87.